The van der Waals surface area contributed by atoms with Gasteiger partial charge < -0.3 is 26.3 Å². The van der Waals surface area contributed by atoms with Crippen molar-refractivity contribution in [3.05, 3.63) is 80.5 Å². The molecule has 1 aliphatic heterocycles. The minimum absolute atomic E-state index is 0.174. The van der Waals surface area contributed by atoms with Crippen molar-refractivity contribution in [1.29, 1.82) is 5.41 Å². The largest absolute Gasteiger partial charge is 0.388 e. The quantitative estimate of drug-likeness (QED) is 0.285. The Morgan fingerprint density at radius 2 is 1.90 bits per heavy atom. The van der Waals surface area contributed by atoms with Crippen LogP contribution in [0.1, 0.15) is 58.0 Å². The maximum atomic E-state index is 13.8. The maximum absolute atomic E-state index is 13.8. The summed E-state index contributed by atoms with van der Waals surface area (Å²) >= 11 is 0. The van der Waals surface area contributed by atoms with Crippen molar-refractivity contribution in [2.45, 2.75) is 37.6 Å². The van der Waals surface area contributed by atoms with Gasteiger partial charge in [-0.2, -0.15) is 0 Å². The van der Waals surface area contributed by atoms with Crippen LogP contribution in [0.4, 0.5) is 11.4 Å². The maximum Gasteiger partial charge on any atom is 0.261 e. The first-order chi connectivity index (χ1) is 18.5. The highest BCUT2D eigenvalue weighted by Crippen LogP contribution is 2.45. The van der Waals surface area contributed by atoms with Crippen molar-refractivity contribution < 1.29 is 18.0 Å². The van der Waals surface area contributed by atoms with E-state index in [2.05, 4.69) is 27.9 Å². The van der Waals surface area contributed by atoms with Gasteiger partial charge in [-0.1, -0.05) is 25.5 Å². The number of pyridine rings is 1. The number of hydrogen-bond acceptors (Lipinski definition) is 7. The molecule has 1 aromatic heterocycles. The van der Waals surface area contributed by atoms with E-state index >= 15 is 0 Å². The number of nitrogens with one attached hydrogen (secondary N) is 5. The van der Waals surface area contributed by atoms with Crippen LogP contribution in [0.5, 0.6) is 0 Å². The zero-order valence-electron chi connectivity index (χ0n) is 21.6. The van der Waals surface area contributed by atoms with Crippen LogP contribution in [0.25, 0.3) is 10.9 Å². The molecule has 0 unspecified atom stereocenters. The first kappa shape index (κ1) is 26.4. The molecule has 5 N–H and O–H groups in total. The molecule has 0 saturated heterocycles. The lowest BCUT2D eigenvalue weighted by molar-refractivity contribution is 0.0945. The van der Waals surface area contributed by atoms with Crippen molar-refractivity contribution in [3.63, 3.8) is 0 Å². The molecule has 1 fully saturated rings. The lowest BCUT2D eigenvalue weighted by Gasteiger charge is -2.40. The van der Waals surface area contributed by atoms with E-state index in [1.807, 2.05) is 6.07 Å². The van der Waals surface area contributed by atoms with Gasteiger partial charge in [-0.25, -0.2) is 8.42 Å². The smallest absolute Gasteiger partial charge is 0.261 e. The monoisotopic (exact) mass is 547 g/mol. The fourth-order valence-corrected chi connectivity index (χ4v) is 6.49. The number of amides is 2. The summed E-state index contributed by atoms with van der Waals surface area (Å²) in [5.41, 5.74) is 2.23. The molecule has 1 saturated carbocycles. The minimum atomic E-state index is -3.37. The summed E-state index contributed by atoms with van der Waals surface area (Å²) in [7, 11) is -1.63. The SMILES string of the molecule is CNc1ccc(NC(=O)c2c(C3(C)CCC3)ccc3cc(C(=O)N[C@@H]4C=CS(=O)(=O)C4)c(=O)[nH]c23)cc1C=N. The Balaban J connectivity index is 1.55. The summed E-state index contributed by atoms with van der Waals surface area (Å²) < 4.78 is 23.4. The lowest BCUT2D eigenvalue weighted by Crippen LogP contribution is -2.38. The number of aromatic amines is 1. The number of carbonyl (C=O) groups is 2. The molecular weight excluding hydrogens is 518 g/mol. The highest BCUT2D eigenvalue weighted by atomic mass is 32.2. The number of hydrogen-bond donors (Lipinski definition) is 5. The second-order valence-electron chi connectivity index (χ2n) is 10.3. The standard InChI is InChI=1S/C28H29N5O5S/c1-28(9-3-10-28)21-6-4-16-13-20(25(34)32-19-8-11-39(37,38)15-19)26(35)33-24(16)23(21)27(36)31-18-5-7-22(30-2)17(12-18)14-29/h4-8,11-14,19,29-30H,3,9-10,15H2,1-2H3,(H,31,36)(H,32,34)(H,33,35)/t19-/m1/s1. The summed E-state index contributed by atoms with van der Waals surface area (Å²) in [5, 5.41) is 17.7. The molecule has 10 nitrogen and oxygen atoms in total. The fourth-order valence-electron chi connectivity index (χ4n) is 5.25. The van der Waals surface area contributed by atoms with Gasteiger partial charge in [-0.3, -0.25) is 14.4 Å². The van der Waals surface area contributed by atoms with Crippen LogP contribution in [-0.2, 0) is 15.3 Å². The van der Waals surface area contributed by atoms with Crippen LogP contribution >= 0.6 is 0 Å². The van der Waals surface area contributed by atoms with Crippen molar-refractivity contribution in [2.24, 2.45) is 0 Å². The van der Waals surface area contributed by atoms with Gasteiger partial charge >= 0.3 is 0 Å². The number of anilines is 2. The van der Waals surface area contributed by atoms with Gasteiger partial charge in [-0.15, -0.1) is 0 Å². The molecule has 3 aromatic rings. The Labute approximate surface area is 225 Å². The van der Waals surface area contributed by atoms with Gasteiger partial charge in [0.25, 0.3) is 17.4 Å². The number of benzene rings is 2. The van der Waals surface area contributed by atoms with Crippen LogP contribution in [0.15, 0.2) is 52.7 Å². The number of H-pyrrole nitrogens is 1. The van der Waals surface area contributed by atoms with Crippen molar-refractivity contribution in [2.75, 3.05) is 23.4 Å². The number of carbonyl (C=O) groups excluding carboxylic acids is 2. The van der Waals surface area contributed by atoms with E-state index in [-0.39, 0.29) is 16.7 Å². The first-order valence-electron chi connectivity index (χ1n) is 12.6. The normalized spacial score (nSPS) is 18.8. The molecule has 202 valence electrons. The van der Waals surface area contributed by atoms with Crippen LogP contribution in [-0.4, -0.2) is 50.3 Å². The van der Waals surface area contributed by atoms with Crippen LogP contribution in [0.2, 0.25) is 0 Å². The minimum Gasteiger partial charge on any atom is -0.388 e. The summed E-state index contributed by atoms with van der Waals surface area (Å²) in [5.74, 6) is -1.37. The Morgan fingerprint density at radius 1 is 1.13 bits per heavy atom. The molecule has 2 aromatic carbocycles. The summed E-state index contributed by atoms with van der Waals surface area (Å²) in [6.45, 7) is 2.09. The second-order valence-corrected chi connectivity index (χ2v) is 12.2. The van der Waals surface area contributed by atoms with Crippen molar-refractivity contribution >= 4 is 50.1 Å². The topological polar surface area (TPSA) is 161 Å². The van der Waals surface area contributed by atoms with Gasteiger partial charge in [0.15, 0.2) is 9.84 Å². The molecule has 2 aliphatic rings. The Kier molecular flexibility index (Phi) is 6.63. The summed E-state index contributed by atoms with van der Waals surface area (Å²) in [6, 6.07) is 9.55. The van der Waals surface area contributed by atoms with E-state index in [1.54, 1.807) is 31.3 Å². The van der Waals surface area contributed by atoms with Crippen molar-refractivity contribution in [3.8, 4) is 0 Å². The number of sulfone groups is 1. The predicted molar refractivity (Wildman–Crippen MR) is 152 cm³/mol. The average Bonchev–Trinajstić information content (AvgIpc) is 3.23. The van der Waals surface area contributed by atoms with E-state index in [1.165, 1.54) is 18.4 Å². The molecule has 0 radical (unpaired) electrons. The van der Waals surface area contributed by atoms with Crippen LogP contribution in [0, 0.1) is 5.41 Å². The molecular formula is C28H29N5O5S. The highest BCUT2D eigenvalue weighted by molar-refractivity contribution is 7.94. The van der Waals surface area contributed by atoms with E-state index in [0.717, 1.165) is 35.9 Å². The molecule has 39 heavy (non-hydrogen) atoms. The number of aromatic nitrogens is 1. The molecule has 1 aliphatic carbocycles. The van der Waals surface area contributed by atoms with Crippen molar-refractivity contribution in [1.82, 2.24) is 10.3 Å². The first-order valence-corrected chi connectivity index (χ1v) is 14.3. The zero-order chi connectivity index (χ0) is 27.9. The predicted octanol–water partition coefficient (Wildman–Crippen LogP) is 3.30. The third kappa shape index (κ3) is 4.97. The van der Waals surface area contributed by atoms with Crippen LogP contribution in [0.3, 0.4) is 0 Å². The van der Waals surface area contributed by atoms with Gasteiger partial charge in [0, 0.05) is 35.6 Å². The highest BCUT2D eigenvalue weighted by Gasteiger charge is 2.37. The van der Waals surface area contributed by atoms with E-state index < -0.39 is 33.3 Å². The van der Waals surface area contributed by atoms with Gasteiger partial charge in [0.2, 0.25) is 0 Å². The zero-order valence-corrected chi connectivity index (χ0v) is 22.4. The number of fused-ring (bicyclic) bond motifs is 1. The van der Waals surface area contributed by atoms with Gasteiger partial charge in [-0.05, 0) is 59.5 Å². The Hall–Kier alpha value is -4.25. The molecule has 11 heteroatoms. The second kappa shape index (κ2) is 9.81. The molecule has 1 atom stereocenters. The average molecular weight is 548 g/mol. The molecule has 0 spiro atoms. The van der Waals surface area contributed by atoms with E-state index in [9.17, 15) is 22.8 Å². The third-order valence-corrected chi connectivity index (χ3v) is 8.98. The fraction of sp³-hybridized carbons (Fsp3) is 0.286. The van der Waals surface area contributed by atoms with E-state index in [4.69, 9.17) is 5.41 Å². The summed E-state index contributed by atoms with van der Waals surface area (Å²) in [6.07, 6.45) is 5.40. The third-order valence-electron chi connectivity index (χ3n) is 7.58. The lowest BCUT2D eigenvalue weighted by atomic mass is 9.64. The van der Waals surface area contributed by atoms with Crippen LogP contribution < -0.4 is 21.5 Å². The number of rotatable bonds is 7. The van der Waals surface area contributed by atoms with E-state index in [0.29, 0.717) is 27.7 Å². The van der Waals surface area contributed by atoms with Gasteiger partial charge in [0.1, 0.15) is 5.56 Å². The van der Waals surface area contributed by atoms with Gasteiger partial charge in [0.05, 0.1) is 22.9 Å². The Morgan fingerprint density at radius 3 is 2.51 bits per heavy atom. The molecule has 2 heterocycles. The molecule has 2 amide bonds. The molecule has 0 bridgehead atoms. The summed E-state index contributed by atoms with van der Waals surface area (Å²) in [4.78, 5) is 42.5. The molecule has 5 rings (SSSR count). The Bertz CT molecular complexity index is 1720.